The number of pyridine rings is 1. The molecule has 4 heterocycles. The second-order valence-electron chi connectivity index (χ2n) is 10.4. The van der Waals surface area contributed by atoms with Crippen LogP contribution in [0.2, 0.25) is 0 Å². The Bertz CT molecular complexity index is 1890. The van der Waals surface area contributed by atoms with Crippen molar-refractivity contribution in [2.24, 2.45) is 0 Å². The average molecular weight is 599 g/mol. The van der Waals surface area contributed by atoms with Crippen molar-refractivity contribution in [2.45, 2.75) is 25.8 Å². The Balaban J connectivity index is 1.28. The number of halogens is 1. The summed E-state index contributed by atoms with van der Waals surface area (Å²) in [6.07, 6.45) is 7.79. The summed E-state index contributed by atoms with van der Waals surface area (Å²) in [4.78, 5) is 27.8. The molecule has 6 rings (SSSR count). The van der Waals surface area contributed by atoms with Gasteiger partial charge < -0.3 is 24.8 Å². The molecule has 3 aromatic heterocycles. The van der Waals surface area contributed by atoms with Gasteiger partial charge in [-0.3, -0.25) is 9.69 Å². The minimum atomic E-state index is -0.856. The number of likely N-dealkylation sites (N-methyl/N-ethyl adjacent to an activating group) is 1. The third kappa shape index (κ3) is 5.81. The minimum Gasteiger partial charge on any atom is -0.494 e. The monoisotopic (exact) mass is 598 g/mol. The molecule has 2 aromatic carbocycles. The van der Waals surface area contributed by atoms with Crippen LogP contribution in [0.25, 0.3) is 16.6 Å². The van der Waals surface area contributed by atoms with E-state index >= 15 is 0 Å². The van der Waals surface area contributed by atoms with Gasteiger partial charge in [-0.1, -0.05) is 0 Å². The van der Waals surface area contributed by atoms with Gasteiger partial charge in [0.15, 0.2) is 11.5 Å². The Hall–Kier alpha value is -5.30. The highest BCUT2D eigenvalue weighted by Gasteiger charge is 2.22. The van der Waals surface area contributed by atoms with Gasteiger partial charge in [-0.15, -0.1) is 0 Å². The highest BCUT2D eigenvalue weighted by atomic mass is 19.1. The van der Waals surface area contributed by atoms with Gasteiger partial charge >= 0.3 is 0 Å². The maximum Gasteiger partial charge on any atom is 0.284 e. The van der Waals surface area contributed by atoms with Crippen LogP contribution in [0, 0.1) is 6.92 Å². The van der Waals surface area contributed by atoms with E-state index in [2.05, 4.69) is 30.7 Å². The fraction of sp³-hybridized carbons (Fsp3) is 0.258. The molecule has 13 heteroatoms. The van der Waals surface area contributed by atoms with E-state index in [9.17, 15) is 9.18 Å². The van der Waals surface area contributed by atoms with Crippen molar-refractivity contribution in [3.8, 4) is 23.0 Å². The molecule has 0 saturated carbocycles. The molecule has 1 unspecified atom stereocenters. The number of ether oxygens (including phenoxy) is 3. The highest BCUT2D eigenvalue weighted by Crippen LogP contribution is 2.39. The molecule has 1 saturated heterocycles. The van der Waals surface area contributed by atoms with Crippen LogP contribution in [0.1, 0.15) is 18.4 Å². The fourth-order valence-corrected chi connectivity index (χ4v) is 5.18. The number of hydrogen-bond acceptors (Lipinski definition) is 10. The summed E-state index contributed by atoms with van der Waals surface area (Å²) in [5, 5.41) is 10.6. The average Bonchev–Trinajstić information content (AvgIpc) is 3.66. The SMILES string of the molecule is COc1cc2ncnc(Nc3cc(C)c(Oc4ccn5ncnc5c4)cc3OC)c2cc1NC(=O)/C(F)=C\C1CCCN1C. The van der Waals surface area contributed by atoms with Gasteiger partial charge in [-0.2, -0.15) is 5.10 Å². The largest absolute Gasteiger partial charge is 0.494 e. The number of benzene rings is 2. The quantitative estimate of drug-likeness (QED) is 0.212. The molecular weight excluding hydrogens is 567 g/mol. The molecule has 0 spiro atoms. The van der Waals surface area contributed by atoms with Gasteiger partial charge in [-0.05, 0) is 63.2 Å². The predicted octanol–water partition coefficient (Wildman–Crippen LogP) is 5.42. The van der Waals surface area contributed by atoms with Crippen molar-refractivity contribution in [1.82, 2.24) is 29.5 Å². The molecule has 2 N–H and O–H groups in total. The number of fused-ring (bicyclic) bond motifs is 2. The van der Waals surface area contributed by atoms with Crippen LogP contribution < -0.4 is 24.8 Å². The lowest BCUT2D eigenvalue weighted by atomic mass is 10.1. The molecule has 1 amide bonds. The zero-order valence-electron chi connectivity index (χ0n) is 24.7. The lowest BCUT2D eigenvalue weighted by molar-refractivity contribution is -0.114. The van der Waals surface area contributed by atoms with Gasteiger partial charge in [-0.25, -0.2) is 23.9 Å². The number of aryl methyl sites for hydroxylation is 1. The number of rotatable bonds is 9. The van der Waals surface area contributed by atoms with E-state index in [1.54, 1.807) is 48.2 Å². The summed E-state index contributed by atoms with van der Waals surface area (Å²) < 4.78 is 33.8. The molecule has 0 bridgehead atoms. The van der Waals surface area contributed by atoms with Crippen molar-refractivity contribution in [2.75, 3.05) is 38.4 Å². The summed E-state index contributed by atoms with van der Waals surface area (Å²) in [6.45, 7) is 2.78. The van der Waals surface area contributed by atoms with E-state index in [4.69, 9.17) is 14.2 Å². The Kier molecular flexibility index (Phi) is 7.94. The van der Waals surface area contributed by atoms with Gasteiger partial charge in [0.2, 0.25) is 0 Å². The zero-order valence-corrected chi connectivity index (χ0v) is 24.7. The second kappa shape index (κ2) is 12.1. The maximum atomic E-state index is 14.9. The molecule has 1 atom stereocenters. The second-order valence-corrected chi connectivity index (χ2v) is 10.4. The molecule has 1 aliphatic heterocycles. The Morgan fingerprint density at radius 1 is 1.02 bits per heavy atom. The van der Waals surface area contributed by atoms with Gasteiger partial charge in [0, 0.05) is 35.8 Å². The first kappa shape index (κ1) is 28.8. The van der Waals surface area contributed by atoms with Crippen molar-refractivity contribution in [1.29, 1.82) is 0 Å². The normalized spacial score (nSPS) is 15.5. The van der Waals surface area contributed by atoms with E-state index in [1.807, 2.05) is 24.9 Å². The molecule has 12 nitrogen and oxygen atoms in total. The Labute approximate surface area is 252 Å². The molecular formula is C31H31FN8O4. The number of methoxy groups -OCH3 is 2. The first-order valence-electron chi connectivity index (χ1n) is 14.0. The summed E-state index contributed by atoms with van der Waals surface area (Å²) in [5.74, 6) is 0.774. The Morgan fingerprint density at radius 3 is 2.61 bits per heavy atom. The topological polar surface area (TPSA) is 128 Å². The molecule has 0 aliphatic carbocycles. The van der Waals surface area contributed by atoms with E-state index < -0.39 is 11.7 Å². The van der Waals surface area contributed by atoms with Gasteiger partial charge in [0.05, 0.1) is 31.1 Å². The number of likely N-dealkylation sites (tertiary alicyclic amines) is 1. The van der Waals surface area contributed by atoms with Crippen molar-refractivity contribution < 1.29 is 23.4 Å². The summed E-state index contributed by atoms with van der Waals surface area (Å²) >= 11 is 0. The number of amides is 1. The first-order valence-corrected chi connectivity index (χ1v) is 14.0. The van der Waals surface area contributed by atoms with Crippen LogP contribution in [0.15, 0.2) is 67.2 Å². The first-order chi connectivity index (χ1) is 21.3. The van der Waals surface area contributed by atoms with Crippen molar-refractivity contribution >= 4 is 39.6 Å². The third-order valence-corrected chi connectivity index (χ3v) is 7.57. The number of aromatic nitrogens is 5. The highest BCUT2D eigenvalue weighted by molar-refractivity contribution is 6.05. The van der Waals surface area contributed by atoms with Gasteiger partial charge in [0.25, 0.3) is 5.91 Å². The van der Waals surface area contributed by atoms with E-state index in [0.717, 1.165) is 24.9 Å². The number of nitrogens with one attached hydrogen (secondary N) is 2. The smallest absolute Gasteiger partial charge is 0.284 e. The van der Waals surface area contributed by atoms with Crippen LogP contribution in [0.5, 0.6) is 23.0 Å². The zero-order chi connectivity index (χ0) is 30.8. The Morgan fingerprint density at radius 2 is 1.84 bits per heavy atom. The number of hydrogen-bond donors (Lipinski definition) is 2. The van der Waals surface area contributed by atoms with E-state index in [-0.39, 0.29) is 11.7 Å². The van der Waals surface area contributed by atoms with Crippen molar-refractivity contribution in [3.05, 3.63) is 72.7 Å². The molecule has 226 valence electrons. The van der Waals surface area contributed by atoms with Crippen LogP contribution in [0.4, 0.5) is 21.6 Å². The predicted molar refractivity (Wildman–Crippen MR) is 164 cm³/mol. The standard InChI is InChI=1S/C31H31FN8O4/c1-18-10-24(28(43-4)15-26(18)44-20-7-9-40-29(12-20)34-17-36-40)37-30-21-13-25(27(42-3)14-23(21)33-16-35-30)38-31(41)22(32)11-19-6-5-8-39(19)2/h7,9-17,19H,5-6,8H2,1-4H3,(H,38,41)(H,33,35,37)/b22-11+. The van der Waals surface area contributed by atoms with Gasteiger partial charge in [0.1, 0.15) is 41.5 Å². The molecule has 1 fully saturated rings. The minimum absolute atomic E-state index is 0.115. The van der Waals surface area contributed by atoms with Crippen LogP contribution >= 0.6 is 0 Å². The maximum absolute atomic E-state index is 14.9. The molecule has 44 heavy (non-hydrogen) atoms. The summed E-state index contributed by atoms with van der Waals surface area (Å²) in [7, 11) is 4.94. The molecule has 1 aliphatic rings. The lowest BCUT2D eigenvalue weighted by Crippen LogP contribution is -2.24. The number of carbonyl (C=O) groups is 1. The third-order valence-electron chi connectivity index (χ3n) is 7.57. The van der Waals surface area contributed by atoms with E-state index in [1.165, 1.54) is 25.8 Å². The summed E-state index contributed by atoms with van der Waals surface area (Å²) in [5.41, 5.74) is 2.95. The van der Waals surface area contributed by atoms with Crippen molar-refractivity contribution in [3.63, 3.8) is 0 Å². The van der Waals surface area contributed by atoms with Crippen LogP contribution in [0.3, 0.4) is 0 Å². The number of nitrogens with zero attached hydrogens (tertiary/aromatic N) is 6. The molecule has 5 aromatic rings. The van der Waals surface area contributed by atoms with Crippen LogP contribution in [-0.4, -0.2) is 69.2 Å². The lowest BCUT2D eigenvalue weighted by Gasteiger charge is -2.17. The number of anilines is 3. The van der Waals surface area contributed by atoms with E-state index in [0.29, 0.717) is 51.1 Å². The summed E-state index contributed by atoms with van der Waals surface area (Å²) in [6, 6.07) is 10.4. The fourth-order valence-electron chi connectivity index (χ4n) is 5.18. The number of carbonyl (C=O) groups excluding carboxylic acids is 1. The van der Waals surface area contributed by atoms with Crippen LogP contribution in [-0.2, 0) is 4.79 Å². The molecule has 0 radical (unpaired) electrons.